The van der Waals surface area contributed by atoms with Gasteiger partial charge in [-0.1, -0.05) is 55.5 Å². The van der Waals surface area contributed by atoms with E-state index in [4.69, 9.17) is 0 Å². The van der Waals surface area contributed by atoms with E-state index in [2.05, 4.69) is 17.2 Å². The summed E-state index contributed by atoms with van der Waals surface area (Å²) in [4.78, 5) is 3.71. The number of aryl methyl sites for hydroxylation is 2. The topological polar surface area (TPSA) is 60.3 Å². The minimum absolute atomic E-state index is 0.251. The van der Waals surface area contributed by atoms with Crippen LogP contribution in [0.5, 0.6) is 0 Å². The lowest BCUT2D eigenvalue weighted by atomic mass is 10.1. The maximum Gasteiger partial charge on any atom is 0.214 e. The van der Waals surface area contributed by atoms with E-state index in [0.717, 1.165) is 34.0 Å². The Bertz CT molecular complexity index is 1280. The van der Waals surface area contributed by atoms with Gasteiger partial charge in [0.1, 0.15) is 0 Å². The first kappa shape index (κ1) is 20.1. The van der Waals surface area contributed by atoms with E-state index < -0.39 is 9.84 Å². The fourth-order valence-electron chi connectivity index (χ4n) is 3.55. The highest BCUT2D eigenvalue weighted by Crippen LogP contribution is 2.32. The average Bonchev–Trinajstić information content (AvgIpc) is 2.78. The van der Waals surface area contributed by atoms with Crippen molar-refractivity contribution < 1.29 is 13.4 Å². The Morgan fingerprint density at radius 1 is 0.900 bits per heavy atom. The lowest BCUT2D eigenvalue weighted by Crippen LogP contribution is -2.15. The number of anilines is 1. The molecular weight excluding hydrogens is 392 g/mol. The summed E-state index contributed by atoms with van der Waals surface area (Å²) in [5.41, 5.74) is 4.77. The maximum absolute atomic E-state index is 13.5. The zero-order valence-corrected chi connectivity index (χ0v) is 18.0. The number of nitrogens with one attached hydrogen (secondary N) is 2. The van der Waals surface area contributed by atoms with Crippen molar-refractivity contribution in [1.82, 2.24) is 0 Å². The van der Waals surface area contributed by atoms with Crippen molar-refractivity contribution in [2.24, 2.45) is 0 Å². The van der Waals surface area contributed by atoms with Crippen LogP contribution in [-0.4, -0.2) is 8.42 Å². The van der Waals surface area contributed by atoms with Crippen LogP contribution in [0.25, 0.3) is 10.9 Å². The predicted molar refractivity (Wildman–Crippen MR) is 120 cm³/mol. The molecule has 0 spiro atoms. The second-order valence-corrected chi connectivity index (χ2v) is 9.34. The third-order valence-electron chi connectivity index (χ3n) is 5.29. The normalized spacial score (nSPS) is 11.5. The summed E-state index contributed by atoms with van der Waals surface area (Å²) in [5.74, 6) is 0. The minimum atomic E-state index is -3.70. The molecule has 30 heavy (non-hydrogen) atoms. The molecule has 0 radical (unpaired) electrons. The molecular formula is C25H25N2O2S+. The highest BCUT2D eigenvalue weighted by atomic mass is 32.2. The molecule has 0 aliphatic carbocycles. The van der Waals surface area contributed by atoms with Gasteiger partial charge in [-0.3, -0.25) is 0 Å². The Labute approximate surface area is 177 Å². The number of fused-ring (bicyclic) bond motifs is 1. The monoisotopic (exact) mass is 417 g/mol. The van der Waals surface area contributed by atoms with E-state index >= 15 is 0 Å². The standard InChI is InChI=1S/C25H24N2O2S/c1-3-19-10-12-21(13-11-19)30(28,29)24-17-26-23-14-9-18(2)15-22(23)25(24)27-16-20-7-5-4-6-8-20/h4-15,17H,3,16H2,1-2H3,(H,26,27)/p+1. The van der Waals surface area contributed by atoms with E-state index in [1.165, 1.54) is 0 Å². The SMILES string of the molecule is CCc1ccc(S(=O)(=O)c2c[nH+]c3ccc(C)cc3c2NCc2ccccc2)cc1. The first-order valence-electron chi connectivity index (χ1n) is 10.1. The van der Waals surface area contributed by atoms with Crippen LogP contribution in [0, 0.1) is 6.92 Å². The molecule has 0 unspecified atom stereocenters. The second-order valence-electron chi connectivity index (χ2n) is 7.42. The Morgan fingerprint density at radius 3 is 2.33 bits per heavy atom. The van der Waals surface area contributed by atoms with Gasteiger partial charge in [-0.05, 0) is 48.2 Å². The van der Waals surface area contributed by atoms with Gasteiger partial charge in [-0.15, -0.1) is 0 Å². The molecule has 3 aromatic carbocycles. The molecule has 0 saturated carbocycles. The summed E-state index contributed by atoms with van der Waals surface area (Å²) in [6.45, 7) is 4.59. The number of H-pyrrole nitrogens is 1. The van der Waals surface area contributed by atoms with Crippen LogP contribution in [0.1, 0.15) is 23.6 Å². The fourth-order valence-corrected chi connectivity index (χ4v) is 4.96. The maximum atomic E-state index is 13.5. The van der Waals surface area contributed by atoms with E-state index in [1.54, 1.807) is 18.3 Å². The predicted octanol–water partition coefficient (Wildman–Crippen LogP) is 4.97. The van der Waals surface area contributed by atoms with Crippen LogP contribution < -0.4 is 10.3 Å². The number of hydrogen-bond acceptors (Lipinski definition) is 3. The van der Waals surface area contributed by atoms with E-state index in [9.17, 15) is 8.42 Å². The molecule has 1 heterocycles. The molecule has 0 atom stereocenters. The Balaban J connectivity index is 1.85. The molecule has 4 nitrogen and oxygen atoms in total. The van der Waals surface area contributed by atoms with Crippen molar-refractivity contribution >= 4 is 26.4 Å². The van der Waals surface area contributed by atoms with Crippen LogP contribution >= 0.6 is 0 Å². The molecule has 0 amide bonds. The van der Waals surface area contributed by atoms with Crippen molar-refractivity contribution in [3.05, 3.63) is 95.7 Å². The Hall–Kier alpha value is -3.18. The average molecular weight is 418 g/mol. The second kappa shape index (κ2) is 8.28. The van der Waals surface area contributed by atoms with Gasteiger partial charge in [0.2, 0.25) is 15.4 Å². The molecule has 0 saturated heterocycles. The van der Waals surface area contributed by atoms with Gasteiger partial charge in [0, 0.05) is 12.6 Å². The highest BCUT2D eigenvalue weighted by molar-refractivity contribution is 7.91. The lowest BCUT2D eigenvalue weighted by molar-refractivity contribution is -0.347. The number of aromatic nitrogens is 1. The van der Waals surface area contributed by atoms with Crippen LogP contribution in [-0.2, 0) is 22.8 Å². The summed E-state index contributed by atoms with van der Waals surface area (Å²) in [6, 6.07) is 23.1. The van der Waals surface area contributed by atoms with E-state index in [0.29, 0.717) is 17.1 Å². The van der Waals surface area contributed by atoms with E-state index in [1.807, 2.05) is 67.6 Å². The molecule has 0 fully saturated rings. The first-order valence-corrected chi connectivity index (χ1v) is 11.5. The number of aromatic amines is 1. The van der Waals surface area contributed by atoms with E-state index in [-0.39, 0.29) is 4.90 Å². The molecule has 1 aromatic heterocycles. The van der Waals surface area contributed by atoms with Crippen molar-refractivity contribution in [2.45, 2.75) is 36.6 Å². The van der Waals surface area contributed by atoms with Crippen molar-refractivity contribution in [2.75, 3.05) is 5.32 Å². The molecule has 5 heteroatoms. The Morgan fingerprint density at radius 2 is 1.63 bits per heavy atom. The summed E-state index contributed by atoms with van der Waals surface area (Å²) in [5, 5.41) is 4.26. The van der Waals surface area contributed by atoms with Gasteiger partial charge in [-0.2, -0.15) is 0 Å². The third kappa shape index (κ3) is 3.94. The Kier molecular flexibility index (Phi) is 5.55. The summed E-state index contributed by atoms with van der Waals surface area (Å²) < 4.78 is 27.1. The quantitative estimate of drug-likeness (QED) is 0.482. The smallest absolute Gasteiger partial charge is 0.214 e. The molecule has 152 valence electrons. The van der Waals surface area contributed by atoms with Crippen LogP contribution in [0.4, 0.5) is 5.69 Å². The lowest BCUT2D eigenvalue weighted by Gasteiger charge is -2.14. The number of rotatable bonds is 6. The largest absolute Gasteiger partial charge is 0.379 e. The minimum Gasteiger partial charge on any atom is -0.379 e. The third-order valence-corrected chi connectivity index (χ3v) is 7.09. The first-order chi connectivity index (χ1) is 14.5. The number of benzene rings is 3. The highest BCUT2D eigenvalue weighted by Gasteiger charge is 2.26. The summed E-state index contributed by atoms with van der Waals surface area (Å²) in [7, 11) is -3.70. The molecule has 0 aliphatic rings. The van der Waals surface area contributed by atoms with Gasteiger partial charge in [0.15, 0.2) is 11.1 Å². The van der Waals surface area contributed by atoms with Crippen molar-refractivity contribution in [3.8, 4) is 0 Å². The number of pyridine rings is 1. The zero-order valence-electron chi connectivity index (χ0n) is 17.1. The molecule has 0 bridgehead atoms. The fraction of sp³-hybridized carbons (Fsp3) is 0.160. The molecule has 0 aliphatic heterocycles. The van der Waals surface area contributed by atoms with Gasteiger partial charge in [-0.25, -0.2) is 13.4 Å². The van der Waals surface area contributed by atoms with Crippen LogP contribution in [0.2, 0.25) is 0 Å². The van der Waals surface area contributed by atoms with Crippen LogP contribution in [0.15, 0.2) is 88.8 Å². The summed E-state index contributed by atoms with van der Waals surface area (Å²) in [6.07, 6.45) is 2.46. The van der Waals surface area contributed by atoms with Gasteiger partial charge >= 0.3 is 0 Å². The summed E-state index contributed by atoms with van der Waals surface area (Å²) >= 11 is 0. The van der Waals surface area contributed by atoms with Crippen molar-refractivity contribution in [3.63, 3.8) is 0 Å². The number of hydrogen-bond donors (Lipinski definition) is 1. The van der Waals surface area contributed by atoms with Gasteiger partial charge < -0.3 is 5.32 Å². The van der Waals surface area contributed by atoms with Gasteiger partial charge in [0.25, 0.3) is 0 Å². The van der Waals surface area contributed by atoms with Crippen LogP contribution in [0.3, 0.4) is 0 Å². The number of sulfone groups is 1. The zero-order chi connectivity index (χ0) is 21.1. The van der Waals surface area contributed by atoms with Gasteiger partial charge in [0.05, 0.1) is 16.0 Å². The molecule has 4 rings (SSSR count). The molecule has 4 aromatic rings. The molecule has 2 N–H and O–H groups in total. The van der Waals surface area contributed by atoms with Crippen molar-refractivity contribution in [1.29, 1.82) is 0 Å².